The van der Waals surface area contributed by atoms with Crippen LogP contribution in [0, 0.1) is 0 Å². The van der Waals surface area contributed by atoms with E-state index < -0.39 is 0 Å². The van der Waals surface area contributed by atoms with Crippen LogP contribution in [0.25, 0.3) is 0 Å². The lowest BCUT2D eigenvalue weighted by molar-refractivity contribution is 0.110. The molecule has 2 heterocycles. The molecule has 8 nitrogen and oxygen atoms in total. The number of aromatic nitrogens is 2. The van der Waals surface area contributed by atoms with Crippen molar-refractivity contribution in [3.8, 4) is 17.6 Å². The van der Waals surface area contributed by atoms with Gasteiger partial charge in [0, 0.05) is 43.9 Å². The number of anilines is 1. The molecular formula is C18H22N4O4. The van der Waals surface area contributed by atoms with Crippen LogP contribution in [0.1, 0.15) is 12.8 Å². The van der Waals surface area contributed by atoms with Gasteiger partial charge in [-0.1, -0.05) is 0 Å². The molecule has 1 fully saturated rings. The molecule has 0 atom stereocenters. The maximum atomic E-state index is 12.4. The van der Waals surface area contributed by atoms with Crippen LogP contribution in [0.5, 0.6) is 17.6 Å². The zero-order valence-electron chi connectivity index (χ0n) is 14.8. The lowest BCUT2D eigenvalue weighted by Gasteiger charge is -2.31. The summed E-state index contributed by atoms with van der Waals surface area (Å²) in [5, 5.41) is 2.90. The van der Waals surface area contributed by atoms with Gasteiger partial charge in [-0.25, -0.2) is 9.78 Å². The second-order valence-electron chi connectivity index (χ2n) is 5.84. The number of methoxy groups -OCH3 is 2. The van der Waals surface area contributed by atoms with Crippen LogP contribution < -0.4 is 19.5 Å². The summed E-state index contributed by atoms with van der Waals surface area (Å²) in [4.78, 5) is 22.3. The Kier molecular flexibility index (Phi) is 5.73. The highest BCUT2D eigenvalue weighted by atomic mass is 16.5. The highest BCUT2D eigenvalue weighted by Gasteiger charge is 2.24. The van der Waals surface area contributed by atoms with E-state index in [1.54, 1.807) is 24.3 Å². The summed E-state index contributed by atoms with van der Waals surface area (Å²) >= 11 is 0. The first kappa shape index (κ1) is 17.8. The van der Waals surface area contributed by atoms with Gasteiger partial charge >= 0.3 is 12.0 Å². The van der Waals surface area contributed by atoms with Crippen LogP contribution in [-0.2, 0) is 0 Å². The number of amides is 2. The zero-order valence-corrected chi connectivity index (χ0v) is 14.8. The maximum absolute atomic E-state index is 12.4. The fraction of sp³-hybridized carbons (Fsp3) is 0.389. The summed E-state index contributed by atoms with van der Waals surface area (Å²) in [7, 11) is 3.12. The summed E-state index contributed by atoms with van der Waals surface area (Å²) < 4.78 is 16.0. The molecule has 1 aromatic carbocycles. The normalized spacial score (nSPS) is 14.6. The van der Waals surface area contributed by atoms with Gasteiger partial charge in [-0.3, -0.25) is 0 Å². The van der Waals surface area contributed by atoms with Crippen molar-refractivity contribution in [2.24, 2.45) is 0 Å². The van der Waals surface area contributed by atoms with Gasteiger partial charge < -0.3 is 24.4 Å². The molecule has 138 valence electrons. The minimum absolute atomic E-state index is 0.0136. The lowest BCUT2D eigenvalue weighted by atomic mass is 10.1. The Morgan fingerprint density at radius 1 is 1.12 bits per heavy atom. The third kappa shape index (κ3) is 4.53. The number of nitrogens with one attached hydrogen (secondary N) is 1. The largest absolute Gasteiger partial charge is 0.497 e. The third-order valence-electron chi connectivity index (χ3n) is 4.15. The maximum Gasteiger partial charge on any atom is 0.321 e. The van der Waals surface area contributed by atoms with Crippen LogP contribution in [0.2, 0.25) is 0 Å². The molecule has 0 spiro atoms. The van der Waals surface area contributed by atoms with Gasteiger partial charge in [-0.15, -0.1) is 0 Å². The molecule has 0 radical (unpaired) electrons. The molecular weight excluding hydrogens is 336 g/mol. The number of urea groups is 1. The quantitative estimate of drug-likeness (QED) is 0.884. The number of carbonyl (C=O) groups is 1. The molecule has 1 saturated heterocycles. The average Bonchev–Trinajstić information content (AvgIpc) is 2.69. The summed E-state index contributed by atoms with van der Waals surface area (Å²) in [6.45, 7) is 1.24. The fourth-order valence-corrected chi connectivity index (χ4v) is 2.71. The van der Waals surface area contributed by atoms with E-state index in [4.69, 9.17) is 14.2 Å². The standard InChI is InChI=1S/C18H22N4O4/c1-24-14-5-3-13(4-6-14)20-18(23)22-11-8-15(9-12-22)26-16-7-10-19-17(21-16)25-2/h3-7,10,15H,8-9,11-12H2,1-2H3,(H,20,23). The van der Waals surface area contributed by atoms with Gasteiger partial charge in [-0.05, 0) is 24.3 Å². The van der Waals surface area contributed by atoms with Gasteiger partial charge in [0.1, 0.15) is 11.9 Å². The number of rotatable bonds is 5. The molecule has 2 amide bonds. The van der Waals surface area contributed by atoms with Crippen LogP contribution in [-0.4, -0.2) is 54.3 Å². The number of hydrogen-bond donors (Lipinski definition) is 1. The van der Waals surface area contributed by atoms with E-state index in [-0.39, 0.29) is 18.1 Å². The number of hydrogen-bond acceptors (Lipinski definition) is 6. The summed E-state index contributed by atoms with van der Waals surface area (Å²) in [6, 6.07) is 9.11. The Balaban J connectivity index is 1.48. The smallest absolute Gasteiger partial charge is 0.321 e. The second kappa shape index (κ2) is 8.37. The van der Waals surface area contributed by atoms with Crippen molar-refractivity contribution in [3.05, 3.63) is 36.5 Å². The molecule has 0 unspecified atom stereocenters. The summed E-state index contributed by atoms with van der Waals surface area (Å²) in [5.41, 5.74) is 0.738. The number of ether oxygens (including phenoxy) is 3. The van der Waals surface area contributed by atoms with Crippen LogP contribution in [0.3, 0.4) is 0 Å². The topological polar surface area (TPSA) is 85.8 Å². The second-order valence-corrected chi connectivity index (χ2v) is 5.84. The van der Waals surface area contributed by atoms with Crippen molar-refractivity contribution < 1.29 is 19.0 Å². The number of benzene rings is 1. The Bertz CT molecular complexity index is 730. The molecule has 0 bridgehead atoms. The Labute approximate surface area is 152 Å². The average molecular weight is 358 g/mol. The molecule has 2 aromatic rings. The van der Waals surface area contributed by atoms with E-state index in [9.17, 15) is 4.79 Å². The van der Waals surface area contributed by atoms with E-state index in [0.717, 1.165) is 24.3 Å². The zero-order chi connectivity index (χ0) is 18.4. The van der Waals surface area contributed by atoms with Gasteiger partial charge in [0.25, 0.3) is 0 Å². The van der Waals surface area contributed by atoms with Crippen LogP contribution >= 0.6 is 0 Å². The van der Waals surface area contributed by atoms with Crippen molar-refractivity contribution in [3.63, 3.8) is 0 Å². The monoisotopic (exact) mass is 358 g/mol. The first-order chi connectivity index (χ1) is 12.7. The van der Waals surface area contributed by atoms with Gasteiger partial charge in [0.05, 0.1) is 14.2 Å². The van der Waals surface area contributed by atoms with Crippen LogP contribution in [0.15, 0.2) is 36.5 Å². The minimum atomic E-state index is -0.114. The van der Waals surface area contributed by atoms with Gasteiger partial charge in [0.15, 0.2) is 0 Å². The molecule has 1 aliphatic heterocycles. The molecule has 26 heavy (non-hydrogen) atoms. The van der Waals surface area contributed by atoms with E-state index in [1.165, 1.54) is 7.11 Å². The van der Waals surface area contributed by atoms with Crippen molar-refractivity contribution in [1.82, 2.24) is 14.9 Å². The summed E-state index contributed by atoms with van der Waals surface area (Å²) in [6.07, 6.45) is 3.09. The fourth-order valence-electron chi connectivity index (χ4n) is 2.71. The molecule has 0 aliphatic carbocycles. The van der Waals surface area contributed by atoms with Crippen molar-refractivity contribution in [2.75, 3.05) is 32.6 Å². The SMILES string of the molecule is COc1ccc(NC(=O)N2CCC(Oc3ccnc(OC)n3)CC2)cc1. The molecule has 0 saturated carbocycles. The number of nitrogens with zero attached hydrogens (tertiary/aromatic N) is 3. The molecule has 8 heteroatoms. The lowest BCUT2D eigenvalue weighted by Crippen LogP contribution is -2.43. The predicted octanol–water partition coefficient (Wildman–Crippen LogP) is 2.57. The van der Waals surface area contributed by atoms with Gasteiger partial charge in [-0.2, -0.15) is 4.98 Å². The Hall–Kier alpha value is -3.03. The molecule has 3 rings (SSSR count). The van der Waals surface area contributed by atoms with E-state index in [1.807, 2.05) is 24.3 Å². The van der Waals surface area contributed by atoms with Crippen molar-refractivity contribution >= 4 is 11.7 Å². The Morgan fingerprint density at radius 3 is 2.50 bits per heavy atom. The highest BCUT2D eigenvalue weighted by Crippen LogP contribution is 2.20. The van der Waals surface area contributed by atoms with Crippen molar-refractivity contribution in [1.29, 1.82) is 0 Å². The summed E-state index contributed by atoms with van der Waals surface area (Å²) in [5.74, 6) is 1.24. The number of likely N-dealkylation sites (tertiary alicyclic amines) is 1. The number of piperidine rings is 1. The first-order valence-electron chi connectivity index (χ1n) is 8.41. The van der Waals surface area contributed by atoms with E-state index in [0.29, 0.717) is 19.0 Å². The third-order valence-corrected chi connectivity index (χ3v) is 4.15. The Morgan fingerprint density at radius 2 is 1.85 bits per heavy atom. The van der Waals surface area contributed by atoms with Crippen LogP contribution in [0.4, 0.5) is 10.5 Å². The highest BCUT2D eigenvalue weighted by molar-refractivity contribution is 5.89. The van der Waals surface area contributed by atoms with E-state index in [2.05, 4.69) is 15.3 Å². The molecule has 1 aliphatic rings. The number of carbonyl (C=O) groups excluding carboxylic acids is 1. The van der Waals surface area contributed by atoms with Crippen molar-refractivity contribution in [2.45, 2.75) is 18.9 Å². The minimum Gasteiger partial charge on any atom is -0.497 e. The first-order valence-corrected chi connectivity index (χ1v) is 8.41. The molecule has 1 aromatic heterocycles. The van der Waals surface area contributed by atoms with E-state index >= 15 is 0 Å². The van der Waals surface area contributed by atoms with Gasteiger partial charge in [0.2, 0.25) is 5.88 Å². The molecule has 1 N–H and O–H groups in total. The predicted molar refractivity (Wildman–Crippen MR) is 95.8 cm³/mol.